The van der Waals surface area contributed by atoms with Crippen LogP contribution in [-0.2, 0) is 7.05 Å². The molecule has 3 heterocycles. The Morgan fingerprint density at radius 3 is 3.00 bits per heavy atom. The van der Waals surface area contributed by atoms with Crippen LogP contribution in [0.2, 0.25) is 0 Å². The van der Waals surface area contributed by atoms with Crippen molar-refractivity contribution in [1.29, 1.82) is 0 Å². The first-order chi connectivity index (χ1) is 12.6. The standard InChI is InChI=1S/C18H23N5O2S/c1-22-12-19-10-15(22)16(24)21-9-13-5-4-8-23(11-13)18(25)14-6-3-7-20-17(14)26-2/h3,6-7,10,12-13H,4-5,8-9,11H2,1-2H3,(H,21,24). The normalized spacial score (nSPS) is 17.2. The number of pyridine rings is 1. The van der Waals surface area contributed by atoms with E-state index in [2.05, 4.69) is 15.3 Å². The summed E-state index contributed by atoms with van der Waals surface area (Å²) in [5.74, 6) is 0.134. The number of carbonyl (C=O) groups excluding carboxylic acids is 2. The van der Waals surface area contributed by atoms with Crippen LogP contribution in [0.1, 0.15) is 33.7 Å². The van der Waals surface area contributed by atoms with Gasteiger partial charge in [-0.1, -0.05) is 0 Å². The molecule has 0 bridgehead atoms. The van der Waals surface area contributed by atoms with Crippen LogP contribution in [0.3, 0.4) is 0 Å². The summed E-state index contributed by atoms with van der Waals surface area (Å²) in [5.41, 5.74) is 1.19. The first-order valence-electron chi connectivity index (χ1n) is 8.63. The number of thioether (sulfide) groups is 1. The number of likely N-dealkylation sites (tertiary alicyclic amines) is 1. The monoisotopic (exact) mass is 373 g/mol. The average molecular weight is 373 g/mol. The summed E-state index contributed by atoms with van der Waals surface area (Å²) in [6, 6.07) is 3.62. The number of hydrogen-bond donors (Lipinski definition) is 1. The highest BCUT2D eigenvalue weighted by Crippen LogP contribution is 2.22. The van der Waals surface area contributed by atoms with Crippen LogP contribution in [0.4, 0.5) is 0 Å². The van der Waals surface area contributed by atoms with Crippen molar-refractivity contribution in [2.24, 2.45) is 13.0 Å². The fourth-order valence-corrected chi connectivity index (χ4v) is 3.75. The van der Waals surface area contributed by atoms with E-state index >= 15 is 0 Å². The maximum Gasteiger partial charge on any atom is 0.269 e. The van der Waals surface area contributed by atoms with Gasteiger partial charge in [-0.3, -0.25) is 9.59 Å². The molecule has 0 aromatic carbocycles. The van der Waals surface area contributed by atoms with Gasteiger partial charge in [0, 0.05) is 32.9 Å². The molecule has 1 unspecified atom stereocenters. The highest BCUT2D eigenvalue weighted by Gasteiger charge is 2.26. The molecule has 2 aromatic heterocycles. The van der Waals surface area contributed by atoms with E-state index < -0.39 is 0 Å². The van der Waals surface area contributed by atoms with Gasteiger partial charge in [-0.25, -0.2) is 9.97 Å². The van der Waals surface area contributed by atoms with Crippen LogP contribution in [-0.4, -0.2) is 57.1 Å². The molecule has 1 N–H and O–H groups in total. The van der Waals surface area contributed by atoms with Gasteiger partial charge in [0.2, 0.25) is 0 Å². The predicted molar refractivity (Wildman–Crippen MR) is 100 cm³/mol. The SMILES string of the molecule is CSc1ncccc1C(=O)N1CCCC(CNC(=O)c2cncn2C)C1. The molecule has 26 heavy (non-hydrogen) atoms. The molecule has 0 aliphatic carbocycles. The largest absolute Gasteiger partial charge is 0.350 e. The Balaban J connectivity index is 1.59. The molecular weight excluding hydrogens is 350 g/mol. The summed E-state index contributed by atoms with van der Waals surface area (Å²) in [7, 11) is 1.79. The average Bonchev–Trinajstić information content (AvgIpc) is 3.11. The van der Waals surface area contributed by atoms with Gasteiger partial charge in [0.15, 0.2) is 0 Å². The van der Waals surface area contributed by atoms with Crippen LogP contribution in [0.5, 0.6) is 0 Å². The van der Waals surface area contributed by atoms with Crippen molar-refractivity contribution in [3.05, 3.63) is 42.1 Å². The molecule has 138 valence electrons. The topological polar surface area (TPSA) is 80.1 Å². The number of imidazole rings is 1. The van der Waals surface area contributed by atoms with Crippen molar-refractivity contribution in [3.63, 3.8) is 0 Å². The molecule has 0 radical (unpaired) electrons. The number of nitrogens with zero attached hydrogens (tertiary/aromatic N) is 4. The zero-order valence-electron chi connectivity index (χ0n) is 15.0. The van der Waals surface area contributed by atoms with Gasteiger partial charge in [0.1, 0.15) is 10.7 Å². The van der Waals surface area contributed by atoms with E-state index in [-0.39, 0.29) is 17.7 Å². The van der Waals surface area contributed by atoms with Crippen LogP contribution in [0.15, 0.2) is 35.9 Å². The van der Waals surface area contributed by atoms with Gasteiger partial charge in [-0.2, -0.15) is 0 Å². The van der Waals surface area contributed by atoms with Crippen LogP contribution in [0.25, 0.3) is 0 Å². The first-order valence-corrected chi connectivity index (χ1v) is 9.85. The third-order valence-corrected chi connectivity index (χ3v) is 5.31. The number of aryl methyl sites for hydroxylation is 1. The first kappa shape index (κ1) is 18.4. The minimum absolute atomic E-state index is 0.0186. The Kier molecular flexibility index (Phi) is 5.92. The van der Waals surface area contributed by atoms with Crippen molar-refractivity contribution in [2.45, 2.75) is 17.9 Å². The number of nitrogens with one attached hydrogen (secondary N) is 1. The van der Waals surface area contributed by atoms with Crippen molar-refractivity contribution in [3.8, 4) is 0 Å². The fraction of sp³-hybridized carbons (Fsp3) is 0.444. The second-order valence-electron chi connectivity index (χ2n) is 6.42. The Labute approximate surface area is 157 Å². The highest BCUT2D eigenvalue weighted by atomic mass is 32.2. The van der Waals surface area contributed by atoms with E-state index in [0.717, 1.165) is 24.4 Å². The Morgan fingerprint density at radius 1 is 1.42 bits per heavy atom. The quantitative estimate of drug-likeness (QED) is 0.809. The summed E-state index contributed by atoms with van der Waals surface area (Å²) < 4.78 is 1.69. The van der Waals surface area contributed by atoms with Crippen molar-refractivity contribution in [1.82, 2.24) is 24.8 Å². The fourth-order valence-electron chi connectivity index (χ4n) is 3.21. The van der Waals surface area contributed by atoms with Crippen molar-refractivity contribution in [2.75, 3.05) is 25.9 Å². The lowest BCUT2D eigenvalue weighted by molar-refractivity contribution is 0.0666. The van der Waals surface area contributed by atoms with E-state index in [0.29, 0.717) is 24.3 Å². The number of amides is 2. The van der Waals surface area contributed by atoms with Crippen LogP contribution < -0.4 is 5.32 Å². The third-order valence-electron chi connectivity index (χ3n) is 4.60. The molecule has 1 aliphatic heterocycles. The van der Waals surface area contributed by atoms with Gasteiger partial charge in [-0.15, -0.1) is 11.8 Å². The molecule has 8 heteroatoms. The number of rotatable bonds is 5. The van der Waals surface area contributed by atoms with E-state index in [1.165, 1.54) is 11.8 Å². The molecule has 1 aliphatic rings. The lowest BCUT2D eigenvalue weighted by atomic mass is 9.97. The zero-order chi connectivity index (χ0) is 18.5. The summed E-state index contributed by atoms with van der Waals surface area (Å²) in [5, 5.41) is 3.72. The van der Waals surface area contributed by atoms with Gasteiger partial charge >= 0.3 is 0 Å². The Hall–Kier alpha value is -2.35. The minimum atomic E-state index is -0.134. The summed E-state index contributed by atoms with van der Waals surface area (Å²) in [6.45, 7) is 1.94. The highest BCUT2D eigenvalue weighted by molar-refractivity contribution is 7.98. The minimum Gasteiger partial charge on any atom is -0.350 e. The third kappa shape index (κ3) is 4.07. The summed E-state index contributed by atoms with van der Waals surface area (Å²) >= 11 is 1.48. The van der Waals surface area contributed by atoms with Gasteiger partial charge in [0.25, 0.3) is 11.8 Å². The molecule has 7 nitrogen and oxygen atoms in total. The molecule has 2 aromatic rings. The predicted octanol–water partition coefficient (Wildman–Crippen LogP) is 1.82. The second kappa shape index (κ2) is 8.35. The van der Waals surface area contributed by atoms with Gasteiger partial charge < -0.3 is 14.8 Å². The molecular formula is C18H23N5O2S. The van der Waals surface area contributed by atoms with Gasteiger partial charge in [-0.05, 0) is 37.1 Å². The number of piperidine rings is 1. The van der Waals surface area contributed by atoms with Crippen molar-refractivity contribution < 1.29 is 9.59 Å². The molecule has 1 atom stereocenters. The lowest BCUT2D eigenvalue weighted by Gasteiger charge is -2.33. The summed E-state index contributed by atoms with van der Waals surface area (Å²) in [4.78, 5) is 35.2. The Morgan fingerprint density at radius 2 is 2.27 bits per heavy atom. The van der Waals surface area contributed by atoms with Crippen molar-refractivity contribution >= 4 is 23.6 Å². The van der Waals surface area contributed by atoms with E-state index in [1.54, 1.807) is 36.4 Å². The molecule has 0 saturated carbocycles. The van der Waals surface area contributed by atoms with Crippen LogP contribution in [0, 0.1) is 5.92 Å². The molecule has 2 amide bonds. The summed E-state index contributed by atoms with van der Waals surface area (Å²) in [6.07, 6.45) is 8.72. The maximum atomic E-state index is 12.9. The molecule has 0 spiro atoms. The zero-order valence-corrected chi connectivity index (χ0v) is 15.8. The number of aromatic nitrogens is 3. The maximum absolute atomic E-state index is 12.9. The van der Waals surface area contributed by atoms with E-state index in [1.807, 2.05) is 17.2 Å². The van der Waals surface area contributed by atoms with Crippen LogP contribution >= 0.6 is 11.8 Å². The van der Waals surface area contributed by atoms with E-state index in [4.69, 9.17) is 0 Å². The molecule has 1 fully saturated rings. The van der Waals surface area contributed by atoms with E-state index in [9.17, 15) is 9.59 Å². The lowest BCUT2D eigenvalue weighted by Crippen LogP contribution is -2.44. The second-order valence-corrected chi connectivity index (χ2v) is 7.21. The molecule has 3 rings (SSSR count). The van der Waals surface area contributed by atoms with Gasteiger partial charge in [0.05, 0.1) is 18.1 Å². The number of hydrogen-bond acceptors (Lipinski definition) is 5. The molecule has 1 saturated heterocycles. The number of carbonyl (C=O) groups is 2. The Bertz CT molecular complexity index is 791. The smallest absolute Gasteiger partial charge is 0.269 e.